The second kappa shape index (κ2) is 6.44. The number of hydrogen-bond acceptors (Lipinski definition) is 4. The van der Waals surface area contributed by atoms with Crippen LogP contribution in [0.25, 0.3) is 10.9 Å². The third-order valence-electron chi connectivity index (χ3n) is 4.60. The molecule has 1 aliphatic rings. The van der Waals surface area contributed by atoms with Crippen molar-refractivity contribution >= 4 is 28.1 Å². The van der Waals surface area contributed by atoms with Crippen LogP contribution in [0.15, 0.2) is 35.1 Å². The maximum Gasteiger partial charge on any atom is 0.264 e. The molecule has 0 saturated carbocycles. The van der Waals surface area contributed by atoms with Gasteiger partial charge in [0.05, 0.1) is 22.3 Å². The first-order valence-corrected chi connectivity index (χ1v) is 9.28. The maximum atomic E-state index is 12.7. The van der Waals surface area contributed by atoms with E-state index in [9.17, 15) is 9.59 Å². The largest absolute Gasteiger partial charge is 0.334 e. The Kier molecular flexibility index (Phi) is 4.13. The lowest BCUT2D eigenvalue weighted by atomic mass is 9.99. The van der Waals surface area contributed by atoms with E-state index in [4.69, 9.17) is 0 Å². The fourth-order valence-corrected chi connectivity index (χ4v) is 4.54. The number of H-pyrrole nitrogens is 1. The summed E-state index contributed by atoms with van der Waals surface area (Å²) in [5, 5.41) is 0.561. The van der Waals surface area contributed by atoms with Crippen LogP contribution in [0.4, 0.5) is 0 Å². The molecule has 0 spiro atoms. The second-order valence-corrected chi connectivity index (χ2v) is 7.59. The van der Waals surface area contributed by atoms with Crippen molar-refractivity contribution in [2.45, 2.75) is 32.2 Å². The van der Waals surface area contributed by atoms with Gasteiger partial charge in [-0.2, -0.15) is 0 Å². The van der Waals surface area contributed by atoms with Crippen molar-refractivity contribution in [3.05, 3.63) is 61.8 Å². The molecule has 0 radical (unpaired) electrons. The Morgan fingerprint density at radius 2 is 2.08 bits per heavy atom. The van der Waals surface area contributed by atoms with Crippen LogP contribution in [0.1, 0.15) is 38.8 Å². The molecule has 128 valence electrons. The number of carbonyl (C=O) groups excluding carboxylic acids is 1. The zero-order valence-electron chi connectivity index (χ0n) is 14.0. The molecule has 4 rings (SSSR count). The zero-order valence-corrected chi connectivity index (χ0v) is 14.9. The van der Waals surface area contributed by atoms with Crippen LogP contribution in [0.2, 0.25) is 0 Å². The van der Waals surface area contributed by atoms with Gasteiger partial charge in [0.15, 0.2) is 0 Å². The van der Waals surface area contributed by atoms with Gasteiger partial charge in [0.25, 0.3) is 11.5 Å². The van der Waals surface area contributed by atoms with E-state index in [-0.39, 0.29) is 18.0 Å². The molecule has 0 unspecified atom stereocenters. The van der Waals surface area contributed by atoms with E-state index < -0.39 is 0 Å². The van der Waals surface area contributed by atoms with Crippen molar-refractivity contribution in [1.29, 1.82) is 0 Å². The van der Waals surface area contributed by atoms with Gasteiger partial charge in [-0.1, -0.05) is 12.1 Å². The van der Waals surface area contributed by atoms with E-state index in [1.165, 1.54) is 23.3 Å². The van der Waals surface area contributed by atoms with Crippen molar-refractivity contribution < 1.29 is 4.79 Å². The van der Waals surface area contributed by atoms with Crippen LogP contribution < -0.4 is 5.56 Å². The minimum Gasteiger partial charge on any atom is -0.334 e. The quantitative estimate of drug-likeness (QED) is 0.787. The summed E-state index contributed by atoms with van der Waals surface area (Å²) < 4.78 is 0. The number of nitrogens with zero attached hydrogens (tertiary/aromatic N) is 2. The first kappa shape index (κ1) is 16.0. The molecular formula is C19H19N3O2S. The Morgan fingerprint density at radius 3 is 2.92 bits per heavy atom. The third kappa shape index (κ3) is 3.09. The number of hydrogen-bond donors (Lipinski definition) is 1. The molecule has 0 saturated heterocycles. The van der Waals surface area contributed by atoms with Gasteiger partial charge >= 0.3 is 0 Å². The fraction of sp³-hybridized carbons (Fsp3) is 0.316. The van der Waals surface area contributed by atoms with Gasteiger partial charge in [-0.15, -0.1) is 11.3 Å². The van der Waals surface area contributed by atoms with E-state index in [1.54, 1.807) is 29.4 Å². The van der Waals surface area contributed by atoms with Gasteiger partial charge in [0.1, 0.15) is 5.82 Å². The van der Waals surface area contributed by atoms with Crippen LogP contribution in [0, 0.1) is 0 Å². The van der Waals surface area contributed by atoms with Crippen molar-refractivity contribution in [2.75, 3.05) is 7.05 Å². The highest BCUT2D eigenvalue weighted by molar-refractivity contribution is 7.14. The minimum atomic E-state index is -0.173. The highest BCUT2D eigenvalue weighted by Gasteiger charge is 2.20. The molecule has 3 aromatic rings. The van der Waals surface area contributed by atoms with E-state index in [1.807, 2.05) is 24.3 Å². The van der Waals surface area contributed by atoms with Crippen molar-refractivity contribution in [2.24, 2.45) is 0 Å². The van der Waals surface area contributed by atoms with E-state index >= 15 is 0 Å². The topological polar surface area (TPSA) is 66.1 Å². The Hall–Kier alpha value is -2.47. The lowest BCUT2D eigenvalue weighted by molar-refractivity contribution is 0.0786. The molecule has 0 bridgehead atoms. The summed E-state index contributed by atoms with van der Waals surface area (Å²) in [6.45, 7) is 0.279. The van der Waals surface area contributed by atoms with Gasteiger partial charge < -0.3 is 9.88 Å². The van der Waals surface area contributed by atoms with Crippen LogP contribution in [0.5, 0.6) is 0 Å². The number of aromatic nitrogens is 2. The first-order valence-electron chi connectivity index (χ1n) is 8.47. The van der Waals surface area contributed by atoms with Crippen LogP contribution in [-0.4, -0.2) is 27.8 Å². The molecule has 1 amide bonds. The Morgan fingerprint density at radius 1 is 1.28 bits per heavy atom. The number of thiophene rings is 1. The maximum absolute atomic E-state index is 12.7. The number of aryl methyl sites for hydroxylation is 2. The average Bonchev–Trinajstić information content (AvgIpc) is 3.05. The highest BCUT2D eigenvalue weighted by atomic mass is 32.1. The molecule has 2 aromatic heterocycles. The van der Waals surface area contributed by atoms with E-state index in [2.05, 4.69) is 9.97 Å². The SMILES string of the molecule is CN(Cc1nc2ccccc2c(=O)[nH]1)C(=O)c1cc2c(s1)CCCC2. The molecular weight excluding hydrogens is 334 g/mol. The van der Waals surface area contributed by atoms with Gasteiger partial charge in [-0.25, -0.2) is 4.98 Å². The summed E-state index contributed by atoms with van der Waals surface area (Å²) in [4.78, 5) is 35.9. The number of fused-ring (bicyclic) bond motifs is 2. The van der Waals surface area contributed by atoms with Crippen molar-refractivity contribution in [3.63, 3.8) is 0 Å². The molecule has 1 aromatic carbocycles. The number of benzene rings is 1. The normalized spacial score (nSPS) is 13.6. The van der Waals surface area contributed by atoms with Crippen molar-refractivity contribution in [1.82, 2.24) is 14.9 Å². The van der Waals surface area contributed by atoms with Gasteiger partial charge in [-0.05, 0) is 49.4 Å². The summed E-state index contributed by atoms with van der Waals surface area (Å²) in [6, 6.07) is 9.25. The van der Waals surface area contributed by atoms with Gasteiger partial charge in [0, 0.05) is 11.9 Å². The Balaban J connectivity index is 1.57. The summed E-state index contributed by atoms with van der Waals surface area (Å²) in [6.07, 6.45) is 4.56. The Labute approximate surface area is 149 Å². The Bertz CT molecular complexity index is 982. The molecule has 2 heterocycles. The number of para-hydroxylation sites is 1. The van der Waals surface area contributed by atoms with Crippen LogP contribution in [-0.2, 0) is 19.4 Å². The predicted molar refractivity (Wildman–Crippen MR) is 99.1 cm³/mol. The van der Waals surface area contributed by atoms with Crippen LogP contribution in [0.3, 0.4) is 0 Å². The number of rotatable bonds is 3. The predicted octanol–water partition coefficient (Wildman–Crippen LogP) is 3.14. The van der Waals surface area contributed by atoms with Gasteiger partial charge in [0.2, 0.25) is 0 Å². The zero-order chi connectivity index (χ0) is 17.4. The number of carbonyl (C=O) groups is 1. The first-order chi connectivity index (χ1) is 12.1. The third-order valence-corrected chi connectivity index (χ3v) is 5.83. The standard InChI is InChI=1S/C19H19N3O2S/c1-22(19(24)16-10-12-6-2-5-9-15(12)25-16)11-17-20-14-8-4-3-7-13(14)18(23)21-17/h3-4,7-8,10H,2,5-6,9,11H2,1H3,(H,20,21,23). The second-order valence-electron chi connectivity index (χ2n) is 6.46. The monoisotopic (exact) mass is 353 g/mol. The number of aromatic amines is 1. The molecule has 0 atom stereocenters. The molecule has 6 heteroatoms. The summed E-state index contributed by atoms with van der Waals surface area (Å²) >= 11 is 1.60. The fourth-order valence-electron chi connectivity index (χ4n) is 3.29. The smallest absolute Gasteiger partial charge is 0.264 e. The summed E-state index contributed by atoms with van der Waals surface area (Å²) in [5.74, 6) is 0.482. The average molecular weight is 353 g/mol. The van der Waals surface area contributed by atoms with Crippen molar-refractivity contribution in [3.8, 4) is 0 Å². The molecule has 1 aliphatic carbocycles. The summed E-state index contributed by atoms with van der Waals surface area (Å²) in [7, 11) is 1.75. The van der Waals surface area contributed by atoms with Crippen LogP contribution >= 0.6 is 11.3 Å². The number of amides is 1. The molecule has 0 aliphatic heterocycles. The molecule has 5 nitrogen and oxygen atoms in total. The highest BCUT2D eigenvalue weighted by Crippen LogP contribution is 2.30. The minimum absolute atomic E-state index is 0.0183. The lowest BCUT2D eigenvalue weighted by Crippen LogP contribution is -2.27. The molecule has 1 N–H and O–H groups in total. The van der Waals surface area contributed by atoms with E-state index in [0.29, 0.717) is 16.7 Å². The molecule has 25 heavy (non-hydrogen) atoms. The summed E-state index contributed by atoms with van der Waals surface area (Å²) in [5.41, 5.74) is 1.80. The number of nitrogens with one attached hydrogen (secondary N) is 1. The van der Waals surface area contributed by atoms with Gasteiger partial charge in [-0.3, -0.25) is 9.59 Å². The van der Waals surface area contributed by atoms with E-state index in [0.717, 1.165) is 17.7 Å². The molecule has 0 fully saturated rings. The lowest BCUT2D eigenvalue weighted by Gasteiger charge is -2.15.